The van der Waals surface area contributed by atoms with Crippen LogP contribution in [0.25, 0.3) is 0 Å². The molecule has 1 aromatic rings. The molecule has 0 unspecified atom stereocenters. The Hall–Kier alpha value is -1.03. The standard InChI is InChI=1S/C13H16F3N/c14-13(15,16)11-4-2-10(3-5-11)12(8-9-17)6-1-7-12/h2-5H,1,6-9,17H2. The molecule has 2 rings (SSSR count). The number of rotatable bonds is 3. The van der Waals surface area contributed by atoms with Gasteiger partial charge in [0.25, 0.3) is 0 Å². The van der Waals surface area contributed by atoms with Crippen LogP contribution >= 0.6 is 0 Å². The summed E-state index contributed by atoms with van der Waals surface area (Å²) in [5.74, 6) is 0. The summed E-state index contributed by atoms with van der Waals surface area (Å²) in [6, 6.07) is 5.56. The van der Waals surface area contributed by atoms with E-state index >= 15 is 0 Å². The van der Waals surface area contributed by atoms with Crippen LogP contribution < -0.4 is 5.73 Å². The van der Waals surface area contributed by atoms with Crippen LogP contribution in [-0.4, -0.2) is 6.54 Å². The zero-order valence-electron chi connectivity index (χ0n) is 9.56. The molecule has 1 fully saturated rings. The first-order chi connectivity index (χ1) is 7.98. The van der Waals surface area contributed by atoms with Crippen LogP contribution in [0.4, 0.5) is 13.2 Å². The fourth-order valence-corrected chi connectivity index (χ4v) is 2.58. The fraction of sp³-hybridized carbons (Fsp3) is 0.538. The highest BCUT2D eigenvalue weighted by Crippen LogP contribution is 2.46. The van der Waals surface area contributed by atoms with Gasteiger partial charge in [-0.25, -0.2) is 0 Å². The van der Waals surface area contributed by atoms with Gasteiger partial charge in [-0.3, -0.25) is 0 Å². The zero-order chi connectivity index (χ0) is 12.5. The van der Waals surface area contributed by atoms with E-state index in [0.29, 0.717) is 6.54 Å². The van der Waals surface area contributed by atoms with Gasteiger partial charge in [0.1, 0.15) is 0 Å². The van der Waals surface area contributed by atoms with E-state index in [2.05, 4.69) is 0 Å². The molecule has 1 saturated carbocycles. The third kappa shape index (κ3) is 2.32. The van der Waals surface area contributed by atoms with Crippen molar-refractivity contribution in [1.82, 2.24) is 0 Å². The van der Waals surface area contributed by atoms with Gasteiger partial charge in [-0.1, -0.05) is 18.6 Å². The van der Waals surface area contributed by atoms with E-state index in [9.17, 15) is 13.2 Å². The Morgan fingerprint density at radius 2 is 1.71 bits per heavy atom. The summed E-state index contributed by atoms with van der Waals surface area (Å²) in [5, 5.41) is 0. The molecule has 1 aromatic carbocycles. The van der Waals surface area contributed by atoms with Gasteiger partial charge in [0.05, 0.1) is 5.56 Å². The van der Waals surface area contributed by atoms with Crippen LogP contribution in [-0.2, 0) is 11.6 Å². The predicted octanol–water partition coefficient (Wildman–Crippen LogP) is 3.48. The van der Waals surface area contributed by atoms with E-state index in [1.165, 1.54) is 12.1 Å². The summed E-state index contributed by atoms with van der Waals surface area (Å²) in [5.41, 5.74) is 6.04. The Labute approximate surface area is 98.8 Å². The summed E-state index contributed by atoms with van der Waals surface area (Å²) in [6.45, 7) is 0.584. The Morgan fingerprint density at radius 3 is 2.06 bits per heavy atom. The summed E-state index contributed by atoms with van der Waals surface area (Å²) in [7, 11) is 0. The SMILES string of the molecule is NCCC1(c2ccc(C(F)(F)F)cc2)CCC1. The lowest BCUT2D eigenvalue weighted by Crippen LogP contribution is -2.36. The molecule has 1 aliphatic carbocycles. The Morgan fingerprint density at radius 1 is 1.12 bits per heavy atom. The van der Waals surface area contributed by atoms with Crippen molar-refractivity contribution in [2.75, 3.05) is 6.54 Å². The van der Waals surface area contributed by atoms with Crippen LogP contribution in [0.2, 0.25) is 0 Å². The molecular weight excluding hydrogens is 227 g/mol. The molecule has 0 aromatic heterocycles. The number of benzene rings is 1. The number of alkyl halides is 3. The molecule has 0 amide bonds. The second kappa shape index (κ2) is 4.33. The number of hydrogen-bond acceptors (Lipinski definition) is 1. The average molecular weight is 243 g/mol. The van der Waals surface area contributed by atoms with Gasteiger partial charge >= 0.3 is 6.18 Å². The van der Waals surface area contributed by atoms with Crippen molar-refractivity contribution in [3.8, 4) is 0 Å². The van der Waals surface area contributed by atoms with E-state index in [0.717, 1.165) is 31.2 Å². The maximum atomic E-state index is 12.4. The van der Waals surface area contributed by atoms with E-state index < -0.39 is 11.7 Å². The predicted molar refractivity (Wildman–Crippen MR) is 60.6 cm³/mol. The van der Waals surface area contributed by atoms with Crippen LogP contribution in [0, 0.1) is 0 Å². The molecule has 0 bridgehead atoms. The first-order valence-electron chi connectivity index (χ1n) is 5.86. The molecule has 0 radical (unpaired) electrons. The van der Waals surface area contributed by atoms with E-state index in [1.54, 1.807) is 12.1 Å². The second-order valence-corrected chi connectivity index (χ2v) is 4.75. The summed E-state index contributed by atoms with van der Waals surface area (Å²) < 4.78 is 37.3. The molecule has 0 heterocycles. The number of halogens is 3. The van der Waals surface area contributed by atoms with Crippen LogP contribution in [0.1, 0.15) is 36.8 Å². The second-order valence-electron chi connectivity index (χ2n) is 4.75. The average Bonchev–Trinajstić information content (AvgIpc) is 2.22. The van der Waals surface area contributed by atoms with Crippen molar-refractivity contribution >= 4 is 0 Å². The summed E-state index contributed by atoms with van der Waals surface area (Å²) in [4.78, 5) is 0. The van der Waals surface area contributed by atoms with Gasteiger partial charge in [-0.2, -0.15) is 13.2 Å². The van der Waals surface area contributed by atoms with Crippen LogP contribution in [0.3, 0.4) is 0 Å². The minimum absolute atomic E-state index is 0.0406. The smallest absolute Gasteiger partial charge is 0.330 e. The van der Waals surface area contributed by atoms with Crippen molar-refractivity contribution in [1.29, 1.82) is 0 Å². The Balaban J connectivity index is 2.23. The zero-order valence-corrected chi connectivity index (χ0v) is 9.56. The van der Waals surface area contributed by atoms with Crippen LogP contribution in [0.5, 0.6) is 0 Å². The molecule has 0 atom stereocenters. The molecule has 1 nitrogen and oxygen atoms in total. The van der Waals surface area contributed by atoms with Gasteiger partial charge in [-0.15, -0.1) is 0 Å². The van der Waals surface area contributed by atoms with E-state index in [1.807, 2.05) is 0 Å². The Bertz CT molecular complexity index is 377. The monoisotopic (exact) mass is 243 g/mol. The first kappa shape index (κ1) is 12.4. The maximum Gasteiger partial charge on any atom is 0.416 e. The lowest BCUT2D eigenvalue weighted by atomic mass is 9.62. The third-order valence-corrected chi connectivity index (χ3v) is 3.76. The van der Waals surface area contributed by atoms with E-state index in [-0.39, 0.29) is 5.41 Å². The first-order valence-corrected chi connectivity index (χ1v) is 5.86. The quantitative estimate of drug-likeness (QED) is 0.864. The topological polar surface area (TPSA) is 26.0 Å². The van der Waals surface area contributed by atoms with Gasteiger partial charge < -0.3 is 5.73 Å². The maximum absolute atomic E-state index is 12.4. The van der Waals surface area contributed by atoms with Crippen molar-refractivity contribution < 1.29 is 13.2 Å². The minimum Gasteiger partial charge on any atom is -0.330 e. The fourth-order valence-electron chi connectivity index (χ4n) is 2.58. The van der Waals surface area contributed by atoms with Crippen molar-refractivity contribution in [2.45, 2.75) is 37.3 Å². The van der Waals surface area contributed by atoms with Gasteiger partial charge in [0.15, 0.2) is 0 Å². The van der Waals surface area contributed by atoms with Gasteiger partial charge in [-0.05, 0) is 48.9 Å². The largest absolute Gasteiger partial charge is 0.416 e. The molecule has 0 saturated heterocycles. The molecule has 94 valence electrons. The van der Waals surface area contributed by atoms with Gasteiger partial charge in [0, 0.05) is 0 Å². The van der Waals surface area contributed by atoms with Crippen LogP contribution in [0.15, 0.2) is 24.3 Å². The molecule has 17 heavy (non-hydrogen) atoms. The molecule has 1 aliphatic rings. The van der Waals surface area contributed by atoms with Crippen molar-refractivity contribution in [2.24, 2.45) is 5.73 Å². The van der Waals surface area contributed by atoms with Crippen molar-refractivity contribution in [3.63, 3.8) is 0 Å². The third-order valence-electron chi connectivity index (χ3n) is 3.76. The molecule has 2 N–H and O–H groups in total. The molecule has 0 spiro atoms. The van der Waals surface area contributed by atoms with E-state index in [4.69, 9.17) is 5.73 Å². The lowest BCUT2D eigenvalue weighted by molar-refractivity contribution is -0.137. The molecule has 0 aliphatic heterocycles. The van der Waals surface area contributed by atoms with Crippen molar-refractivity contribution in [3.05, 3.63) is 35.4 Å². The number of nitrogens with two attached hydrogens (primary N) is 1. The summed E-state index contributed by atoms with van der Waals surface area (Å²) >= 11 is 0. The van der Waals surface area contributed by atoms with Gasteiger partial charge in [0.2, 0.25) is 0 Å². The Kier molecular flexibility index (Phi) is 3.17. The summed E-state index contributed by atoms with van der Waals surface area (Å²) in [6.07, 6.45) is -0.177. The highest BCUT2D eigenvalue weighted by Gasteiger charge is 2.38. The molecular formula is C13H16F3N. The minimum atomic E-state index is -4.25. The highest BCUT2D eigenvalue weighted by atomic mass is 19.4. The highest BCUT2D eigenvalue weighted by molar-refractivity contribution is 5.32. The normalized spacial score (nSPS) is 18.8. The lowest BCUT2D eigenvalue weighted by Gasteiger charge is -2.42. The molecule has 4 heteroatoms. The number of hydrogen-bond donors (Lipinski definition) is 1.